The molecule has 3 aromatic carbocycles. The summed E-state index contributed by atoms with van der Waals surface area (Å²) in [5, 5.41) is 18.5. The van der Waals surface area contributed by atoms with Gasteiger partial charge in [0.2, 0.25) is 6.41 Å². The number of hydrogen-bond acceptors (Lipinski definition) is 3. The van der Waals surface area contributed by atoms with Crippen LogP contribution in [0.3, 0.4) is 0 Å². The first kappa shape index (κ1) is 17.3. The number of amides is 1. The number of ether oxygens (including phenoxy) is 1. The fourth-order valence-electron chi connectivity index (χ4n) is 5.97. The third-order valence-corrected chi connectivity index (χ3v) is 7.15. The largest absolute Gasteiger partial charge is 0.388 e. The van der Waals surface area contributed by atoms with E-state index in [0.29, 0.717) is 13.0 Å². The number of aryl methyl sites for hydroxylation is 1. The highest BCUT2D eigenvalue weighted by molar-refractivity contribution is 6.25. The minimum absolute atomic E-state index is 0.220. The Kier molecular flexibility index (Phi) is 3.28. The van der Waals surface area contributed by atoms with Crippen LogP contribution < -0.4 is 5.32 Å². The molecule has 0 saturated carbocycles. The van der Waals surface area contributed by atoms with Crippen molar-refractivity contribution in [2.45, 2.75) is 38.4 Å². The van der Waals surface area contributed by atoms with Gasteiger partial charge in [-0.25, -0.2) is 0 Å². The quantitative estimate of drug-likeness (QED) is 0.436. The Morgan fingerprint density at radius 1 is 1.03 bits per heavy atom. The SMILES string of the molecule is Cc1c(CNC=O)c2c3ccccc3n3c2c2c1c1ccccc1n2C1CC(O)C3O1. The predicted molar refractivity (Wildman–Crippen MR) is 120 cm³/mol. The van der Waals surface area contributed by atoms with Gasteiger partial charge in [-0.2, -0.15) is 0 Å². The van der Waals surface area contributed by atoms with E-state index in [2.05, 4.69) is 57.8 Å². The number of carbonyl (C=O) groups is 1. The highest BCUT2D eigenvalue weighted by Gasteiger charge is 2.42. The van der Waals surface area contributed by atoms with Gasteiger partial charge in [-0.05, 0) is 30.2 Å². The Balaban J connectivity index is 1.84. The molecule has 7 rings (SSSR count). The van der Waals surface area contributed by atoms with Gasteiger partial charge < -0.3 is 24.3 Å². The fourth-order valence-corrected chi connectivity index (χ4v) is 5.97. The van der Waals surface area contributed by atoms with Crippen molar-refractivity contribution >= 4 is 50.0 Å². The molecular formula is C25H21N3O3. The van der Waals surface area contributed by atoms with Crippen molar-refractivity contribution in [2.75, 3.05) is 0 Å². The number of nitrogens with zero attached hydrogens (tertiary/aromatic N) is 2. The topological polar surface area (TPSA) is 68.4 Å². The molecule has 0 radical (unpaired) electrons. The Bertz CT molecular complexity index is 1560. The lowest BCUT2D eigenvalue weighted by atomic mass is 9.96. The molecule has 154 valence electrons. The minimum atomic E-state index is -0.591. The summed E-state index contributed by atoms with van der Waals surface area (Å²) in [4.78, 5) is 11.2. The second-order valence-electron chi connectivity index (χ2n) is 8.61. The molecule has 4 heterocycles. The van der Waals surface area contributed by atoms with Crippen molar-refractivity contribution < 1.29 is 14.6 Å². The molecule has 1 saturated heterocycles. The van der Waals surface area contributed by atoms with Crippen LogP contribution in [-0.4, -0.2) is 26.8 Å². The average Bonchev–Trinajstić information content (AvgIpc) is 3.39. The Hall–Kier alpha value is -3.35. The first-order chi connectivity index (χ1) is 15.2. The summed E-state index contributed by atoms with van der Waals surface area (Å²) in [7, 11) is 0. The average molecular weight is 411 g/mol. The summed E-state index contributed by atoms with van der Waals surface area (Å²) >= 11 is 0. The van der Waals surface area contributed by atoms with Crippen molar-refractivity contribution in [3.05, 3.63) is 59.7 Å². The predicted octanol–water partition coefficient (Wildman–Crippen LogP) is 4.25. The molecule has 2 aliphatic heterocycles. The molecule has 3 atom stereocenters. The van der Waals surface area contributed by atoms with Gasteiger partial charge in [0.1, 0.15) is 12.3 Å². The molecule has 2 aromatic heterocycles. The molecule has 3 unspecified atom stereocenters. The fraction of sp³-hybridized carbons (Fsp3) is 0.240. The molecule has 2 bridgehead atoms. The summed E-state index contributed by atoms with van der Waals surface area (Å²) in [5.41, 5.74) is 6.66. The number of aliphatic hydroxyl groups is 1. The molecule has 0 aliphatic carbocycles. The monoisotopic (exact) mass is 411 g/mol. The van der Waals surface area contributed by atoms with Gasteiger partial charge in [0.25, 0.3) is 0 Å². The maximum Gasteiger partial charge on any atom is 0.207 e. The minimum Gasteiger partial charge on any atom is -0.388 e. The summed E-state index contributed by atoms with van der Waals surface area (Å²) in [6.45, 7) is 2.60. The van der Waals surface area contributed by atoms with Crippen molar-refractivity contribution in [2.24, 2.45) is 0 Å². The van der Waals surface area contributed by atoms with E-state index in [9.17, 15) is 9.90 Å². The van der Waals surface area contributed by atoms with E-state index < -0.39 is 12.3 Å². The molecule has 0 spiro atoms. The van der Waals surface area contributed by atoms with Gasteiger partial charge in [-0.3, -0.25) is 4.79 Å². The molecule has 1 amide bonds. The Morgan fingerprint density at radius 3 is 2.42 bits per heavy atom. The maximum absolute atomic E-state index is 11.2. The number of aromatic nitrogens is 2. The molecular weight excluding hydrogens is 390 g/mol. The van der Waals surface area contributed by atoms with Crippen molar-refractivity contribution in [3.63, 3.8) is 0 Å². The molecule has 5 aromatic rings. The Labute approximate surface area is 177 Å². The summed E-state index contributed by atoms with van der Waals surface area (Å²) < 4.78 is 11.0. The first-order valence-electron chi connectivity index (χ1n) is 10.7. The first-order valence-corrected chi connectivity index (χ1v) is 10.7. The van der Waals surface area contributed by atoms with Crippen LogP contribution in [0.1, 0.15) is 30.0 Å². The zero-order valence-corrected chi connectivity index (χ0v) is 17.0. The highest BCUT2D eigenvalue weighted by atomic mass is 16.5. The normalized spacial score (nSPS) is 22.2. The van der Waals surface area contributed by atoms with Crippen molar-refractivity contribution in [3.8, 4) is 0 Å². The van der Waals surface area contributed by atoms with Crippen LogP contribution in [0.25, 0.3) is 43.6 Å². The molecule has 2 aliphatic rings. The standard InChI is InChI=1S/C25H21N3O3/c1-13-16(11-26-12-29)22-15-7-3-5-9-18(15)28-24(22)23-21(13)14-6-2-4-8-17(14)27(23)20-10-19(30)25(28)31-20/h2-9,12,19-20,25,30H,10-11H2,1H3,(H,26,29). The van der Waals surface area contributed by atoms with Gasteiger partial charge >= 0.3 is 0 Å². The van der Waals surface area contributed by atoms with Crippen molar-refractivity contribution in [1.82, 2.24) is 14.5 Å². The number of nitrogens with one attached hydrogen (secondary N) is 1. The second-order valence-corrected chi connectivity index (χ2v) is 8.61. The van der Waals surface area contributed by atoms with Crippen LogP contribution >= 0.6 is 0 Å². The van der Waals surface area contributed by atoms with E-state index in [1.807, 2.05) is 12.1 Å². The van der Waals surface area contributed by atoms with Gasteiger partial charge in [0, 0.05) is 34.5 Å². The third kappa shape index (κ3) is 1.97. The number of aliphatic hydroxyl groups excluding tert-OH is 1. The lowest BCUT2D eigenvalue weighted by Crippen LogP contribution is -2.19. The molecule has 6 heteroatoms. The Morgan fingerprint density at radius 2 is 1.68 bits per heavy atom. The molecule has 2 N–H and O–H groups in total. The van der Waals surface area contributed by atoms with E-state index in [0.717, 1.165) is 44.8 Å². The van der Waals surface area contributed by atoms with E-state index in [1.54, 1.807) is 0 Å². The zero-order valence-electron chi connectivity index (χ0n) is 17.0. The smallest absolute Gasteiger partial charge is 0.207 e. The van der Waals surface area contributed by atoms with Crippen LogP contribution in [0, 0.1) is 6.92 Å². The van der Waals surface area contributed by atoms with Gasteiger partial charge in [0.15, 0.2) is 6.23 Å². The number of hydrogen-bond donors (Lipinski definition) is 2. The number of rotatable bonds is 3. The number of carbonyl (C=O) groups excluding carboxylic acids is 1. The number of para-hydroxylation sites is 2. The van der Waals surface area contributed by atoms with E-state index in [-0.39, 0.29) is 6.23 Å². The van der Waals surface area contributed by atoms with Crippen molar-refractivity contribution in [1.29, 1.82) is 0 Å². The maximum atomic E-state index is 11.2. The van der Waals surface area contributed by atoms with Crippen LogP contribution in [0.5, 0.6) is 0 Å². The van der Waals surface area contributed by atoms with Gasteiger partial charge in [-0.15, -0.1) is 0 Å². The van der Waals surface area contributed by atoms with Crippen LogP contribution in [0.4, 0.5) is 0 Å². The van der Waals surface area contributed by atoms with Crippen LogP contribution in [0.15, 0.2) is 48.5 Å². The third-order valence-electron chi connectivity index (χ3n) is 7.15. The number of fused-ring (bicyclic) bond motifs is 10. The van der Waals surface area contributed by atoms with Gasteiger partial charge in [0.05, 0.1) is 22.1 Å². The van der Waals surface area contributed by atoms with E-state index in [1.165, 1.54) is 16.3 Å². The zero-order chi connectivity index (χ0) is 20.9. The summed E-state index contributed by atoms with van der Waals surface area (Å²) in [6, 6.07) is 16.7. The number of benzene rings is 3. The highest BCUT2D eigenvalue weighted by Crippen LogP contribution is 2.51. The lowest BCUT2D eigenvalue weighted by molar-refractivity contribution is -0.109. The molecule has 1 fully saturated rings. The lowest BCUT2D eigenvalue weighted by Gasteiger charge is -2.19. The van der Waals surface area contributed by atoms with Crippen LogP contribution in [-0.2, 0) is 16.1 Å². The van der Waals surface area contributed by atoms with Crippen LogP contribution in [0.2, 0.25) is 0 Å². The second kappa shape index (κ2) is 5.87. The summed E-state index contributed by atoms with van der Waals surface area (Å²) in [6.07, 6.45) is 0.0576. The van der Waals surface area contributed by atoms with Gasteiger partial charge in [-0.1, -0.05) is 36.4 Å². The molecule has 31 heavy (non-hydrogen) atoms. The molecule has 6 nitrogen and oxygen atoms in total. The van der Waals surface area contributed by atoms with E-state index >= 15 is 0 Å². The summed E-state index contributed by atoms with van der Waals surface area (Å²) in [5.74, 6) is 0. The van der Waals surface area contributed by atoms with E-state index in [4.69, 9.17) is 4.74 Å².